The maximum Gasteiger partial charge on any atom is 0.0892 e. The molecule has 2 atom stereocenters. The molecule has 2 aliphatic heterocycles. The van der Waals surface area contributed by atoms with Crippen LogP contribution in [-0.2, 0) is 0 Å². The van der Waals surface area contributed by atoms with Crippen LogP contribution in [0.1, 0.15) is 51.9 Å². The first-order valence-electron chi connectivity index (χ1n) is 6.12. The summed E-state index contributed by atoms with van der Waals surface area (Å²) in [6.07, 6.45) is 10.4. The number of unbranched alkanes of at least 4 members (excludes halogenated alkanes) is 1. The number of hydrogen-bond acceptors (Lipinski definition) is 0. The van der Waals surface area contributed by atoms with Gasteiger partial charge in [-0.2, -0.15) is 0 Å². The summed E-state index contributed by atoms with van der Waals surface area (Å²) < 4.78 is 1.44. The molecule has 1 heteroatoms. The average molecular weight is 182 g/mol. The van der Waals surface area contributed by atoms with Gasteiger partial charge >= 0.3 is 0 Å². The molecule has 0 saturated carbocycles. The highest BCUT2D eigenvalue weighted by molar-refractivity contribution is 4.81. The van der Waals surface area contributed by atoms with Gasteiger partial charge in [0.15, 0.2) is 0 Å². The number of quaternary nitrogens is 1. The van der Waals surface area contributed by atoms with E-state index in [9.17, 15) is 0 Å². The first-order valence-corrected chi connectivity index (χ1v) is 6.12. The molecule has 0 amide bonds. The van der Waals surface area contributed by atoms with E-state index >= 15 is 0 Å². The van der Waals surface area contributed by atoms with Crippen molar-refractivity contribution in [2.24, 2.45) is 0 Å². The second kappa shape index (κ2) is 3.61. The van der Waals surface area contributed by atoms with Crippen molar-refractivity contribution in [2.45, 2.75) is 64.0 Å². The molecule has 76 valence electrons. The van der Waals surface area contributed by atoms with Crippen LogP contribution in [0.4, 0.5) is 0 Å². The fourth-order valence-corrected chi connectivity index (χ4v) is 3.60. The Morgan fingerprint density at radius 3 is 2.23 bits per heavy atom. The Morgan fingerprint density at radius 1 is 1.08 bits per heavy atom. The zero-order valence-electron chi connectivity index (χ0n) is 9.26. The van der Waals surface area contributed by atoms with Crippen LogP contribution in [0.5, 0.6) is 0 Å². The SMILES string of the molecule is CCCC[N+]1(C)C2CCCC1CC2. The van der Waals surface area contributed by atoms with E-state index in [0.29, 0.717) is 0 Å². The number of nitrogens with zero attached hydrogens (tertiary/aromatic N) is 1. The molecule has 2 unspecified atom stereocenters. The van der Waals surface area contributed by atoms with Crippen molar-refractivity contribution >= 4 is 0 Å². The van der Waals surface area contributed by atoms with Crippen molar-refractivity contribution in [2.75, 3.05) is 13.6 Å². The first kappa shape index (κ1) is 9.51. The highest BCUT2D eigenvalue weighted by atomic mass is 15.4. The average Bonchev–Trinajstić information content (AvgIpc) is 2.39. The van der Waals surface area contributed by atoms with Crippen molar-refractivity contribution in [1.29, 1.82) is 0 Å². The fraction of sp³-hybridized carbons (Fsp3) is 1.00. The molecule has 0 aromatic rings. The Hall–Kier alpha value is -0.0400. The lowest BCUT2D eigenvalue weighted by atomic mass is 9.99. The molecule has 1 nitrogen and oxygen atoms in total. The molecule has 2 heterocycles. The molecule has 13 heavy (non-hydrogen) atoms. The molecule has 0 spiro atoms. The van der Waals surface area contributed by atoms with E-state index in [1.165, 1.54) is 56.0 Å². The molecule has 0 aliphatic carbocycles. The third-order valence-electron chi connectivity index (χ3n) is 4.57. The lowest BCUT2D eigenvalue weighted by Gasteiger charge is -2.45. The summed E-state index contributed by atoms with van der Waals surface area (Å²) in [6, 6.07) is 2.07. The van der Waals surface area contributed by atoms with E-state index in [0.717, 1.165) is 12.1 Å². The predicted octanol–water partition coefficient (Wildman–Crippen LogP) is 2.95. The van der Waals surface area contributed by atoms with E-state index in [4.69, 9.17) is 0 Å². The third-order valence-corrected chi connectivity index (χ3v) is 4.57. The van der Waals surface area contributed by atoms with Crippen molar-refractivity contribution in [3.63, 3.8) is 0 Å². The minimum atomic E-state index is 1.03. The van der Waals surface area contributed by atoms with E-state index in [2.05, 4.69) is 14.0 Å². The Balaban J connectivity index is 2.03. The summed E-state index contributed by atoms with van der Waals surface area (Å²) >= 11 is 0. The van der Waals surface area contributed by atoms with Crippen LogP contribution in [0.2, 0.25) is 0 Å². The van der Waals surface area contributed by atoms with Crippen molar-refractivity contribution in [3.8, 4) is 0 Å². The van der Waals surface area contributed by atoms with E-state index < -0.39 is 0 Å². The number of piperidine rings is 1. The molecule has 0 N–H and O–H groups in total. The number of fused-ring (bicyclic) bond motifs is 2. The van der Waals surface area contributed by atoms with Crippen LogP contribution < -0.4 is 0 Å². The lowest BCUT2D eigenvalue weighted by molar-refractivity contribution is -0.948. The van der Waals surface area contributed by atoms with E-state index in [1.807, 2.05) is 0 Å². The van der Waals surface area contributed by atoms with Crippen molar-refractivity contribution in [1.82, 2.24) is 0 Å². The molecule has 0 aromatic carbocycles. The van der Waals surface area contributed by atoms with Gasteiger partial charge in [0.05, 0.1) is 25.7 Å². The molecule has 2 saturated heterocycles. The zero-order chi connectivity index (χ0) is 9.31. The van der Waals surface area contributed by atoms with Gasteiger partial charge in [0.1, 0.15) is 0 Å². The van der Waals surface area contributed by atoms with Crippen LogP contribution in [0, 0.1) is 0 Å². The van der Waals surface area contributed by atoms with E-state index in [1.54, 1.807) is 0 Å². The highest BCUT2D eigenvalue weighted by Crippen LogP contribution is 2.41. The molecule has 0 aromatic heterocycles. The largest absolute Gasteiger partial charge is 0.321 e. The van der Waals surface area contributed by atoms with E-state index in [-0.39, 0.29) is 0 Å². The molecule has 2 fully saturated rings. The summed E-state index contributed by atoms with van der Waals surface area (Å²) in [4.78, 5) is 0. The van der Waals surface area contributed by atoms with Gasteiger partial charge in [0.25, 0.3) is 0 Å². The zero-order valence-corrected chi connectivity index (χ0v) is 9.26. The summed E-state index contributed by atoms with van der Waals surface area (Å²) in [5.74, 6) is 0. The molecule has 2 aliphatic rings. The maximum atomic E-state index is 2.52. The standard InChI is InChI=1S/C12H24N/c1-3-4-10-13(2)11-6-5-7-12(13)9-8-11/h11-12H,3-10H2,1-2H3/q+1. The van der Waals surface area contributed by atoms with Gasteiger partial charge in [-0.3, -0.25) is 0 Å². The molecular weight excluding hydrogens is 158 g/mol. The second-order valence-electron chi connectivity index (χ2n) is 5.24. The monoisotopic (exact) mass is 182 g/mol. The maximum absolute atomic E-state index is 2.52. The number of hydrogen-bond donors (Lipinski definition) is 0. The summed E-state index contributed by atoms with van der Waals surface area (Å²) in [7, 11) is 2.52. The van der Waals surface area contributed by atoms with Crippen molar-refractivity contribution < 1.29 is 4.48 Å². The van der Waals surface area contributed by atoms with Gasteiger partial charge in [0, 0.05) is 12.8 Å². The Labute approximate surface area is 82.7 Å². The van der Waals surface area contributed by atoms with Gasteiger partial charge < -0.3 is 4.48 Å². The Kier molecular flexibility index (Phi) is 2.64. The summed E-state index contributed by atoms with van der Waals surface area (Å²) in [5, 5.41) is 0. The van der Waals surface area contributed by atoms with Crippen molar-refractivity contribution in [3.05, 3.63) is 0 Å². The van der Waals surface area contributed by atoms with Crippen LogP contribution in [0.25, 0.3) is 0 Å². The normalized spacial score (nSPS) is 43.8. The predicted molar refractivity (Wildman–Crippen MR) is 56.6 cm³/mol. The minimum Gasteiger partial charge on any atom is -0.321 e. The Bertz CT molecular complexity index is 160. The summed E-state index contributed by atoms with van der Waals surface area (Å²) in [6.45, 7) is 3.77. The molecule has 2 rings (SSSR count). The lowest BCUT2D eigenvalue weighted by Crippen LogP contribution is -2.56. The Morgan fingerprint density at radius 2 is 1.69 bits per heavy atom. The van der Waals surface area contributed by atoms with Gasteiger partial charge in [-0.1, -0.05) is 13.3 Å². The quantitative estimate of drug-likeness (QED) is 0.589. The molecular formula is C12H24N+. The van der Waals surface area contributed by atoms with Crippen LogP contribution >= 0.6 is 0 Å². The second-order valence-corrected chi connectivity index (χ2v) is 5.24. The minimum absolute atomic E-state index is 1.03. The van der Waals surface area contributed by atoms with Crippen LogP contribution in [0.3, 0.4) is 0 Å². The third kappa shape index (κ3) is 1.52. The fourth-order valence-electron chi connectivity index (χ4n) is 3.60. The molecule has 0 radical (unpaired) electrons. The number of rotatable bonds is 3. The first-order chi connectivity index (χ1) is 6.27. The highest BCUT2D eigenvalue weighted by Gasteiger charge is 2.47. The van der Waals surface area contributed by atoms with Gasteiger partial charge in [0.2, 0.25) is 0 Å². The van der Waals surface area contributed by atoms with Gasteiger partial charge in [-0.05, 0) is 25.7 Å². The smallest absolute Gasteiger partial charge is 0.0892 e. The molecule has 2 bridgehead atoms. The van der Waals surface area contributed by atoms with Gasteiger partial charge in [-0.25, -0.2) is 0 Å². The van der Waals surface area contributed by atoms with Crippen LogP contribution in [-0.4, -0.2) is 30.2 Å². The van der Waals surface area contributed by atoms with Gasteiger partial charge in [-0.15, -0.1) is 0 Å². The summed E-state index contributed by atoms with van der Waals surface area (Å²) in [5.41, 5.74) is 0. The van der Waals surface area contributed by atoms with Crippen LogP contribution in [0.15, 0.2) is 0 Å². The topological polar surface area (TPSA) is 0 Å².